The molecule has 0 amide bonds. The molecule has 0 aliphatic heterocycles. The van der Waals surface area contributed by atoms with E-state index in [1.165, 1.54) is 5.56 Å². The van der Waals surface area contributed by atoms with Crippen molar-refractivity contribution < 1.29 is 9.53 Å². The highest BCUT2D eigenvalue weighted by molar-refractivity contribution is 6.00. The monoisotopic (exact) mass is 282 g/mol. The van der Waals surface area contributed by atoms with E-state index in [0.29, 0.717) is 12.2 Å². The Morgan fingerprint density at radius 2 is 1.48 bits per heavy atom. The topological polar surface area (TPSA) is 26.3 Å². The molecule has 21 heavy (non-hydrogen) atoms. The molecule has 0 unspecified atom stereocenters. The van der Waals surface area contributed by atoms with Crippen molar-refractivity contribution in [1.29, 1.82) is 0 Å². The normalized spacial score (nSPS) is 10.5. The van der Waals surface area contributed by atoms with Crippen molar-refractivity contribution in [3.63, 3.8) is 0 Å². The van der Waals surface area contributed by atoms with Gasteiger partial charge in [-0.1, -0.05) is 30.3 Å². The molecule has 0 saturated heterocycles. The minimum Gasteiger partial charge on any atom is -0.462 e. The molecule has 2 aromatic rings. The Bertz CT molecular complexity index is 670. The van der Waals surface area contributed by atoms with E-state index in [4.69, 9.17) is 4.74 Å². The van der Waals surface area contributed by atoms with Gasteiger partial charge in [-0.3, -0.25) is 0 Å². The van der Waals surface area contributed by atoms with Crippen molar-refractivity contribution in [2.45, 2.75) is 34.6 Å². The number of ether oxygens (including phenoxy) is 1. The molecule has 2 rings (SSSR count). The zero-order valence-corrected chi connectivity index (χ0v) is 13.4. The van der Waals surface area contributed by atoms with Crippen LogP contribution in [0.15, 0.2) is 30.3 Å². The lowest BCUT2D eigenvalue weighted by Crippen LogP contribution is -2.12. The van der Waals surface area contributed by atoms with Gasteiger partial charge in [-0.25, -0.2) is 4.79 Å². The lowest BCUT2D eigenvalue weighted by Gasteiger charge is -2.20. The molecule has 2 aromatic carbocycles. The van der Waals surface area contributed by atoms with Gasteiger partial charge in [0.05, 0.1) is 12.2 Å². The average molecular weight is 282 g/mol. The van der Waals surface area contributed by atoms with E-state index in [1.54, 1.807) is 0 Å². The number of carbonyl (C=O) groups is 1. The predicted molar refractivity (Wildman–Crippen MR) is 86.8 cm³/mol. The van der Waals surface area contributed by atoms with Gasteiger partial charge in [0.15, 0.2) is 0 Å². The fourth-order valence-electron chi connectivity index (χ4n) is 2.74. The highest BCUT2D eigenvalue weighted by Crippen LogP contribution is 2.34. The third kappa shape index (κ3) is 2.71. The fraction of sp³-hybridized carbons (Fsp3) is 0.316. The first-order chi connectivity index (χ1) is 9.99. The Balaban J connectivity index is 2.81. The molecule has 110 valence electrons. The van der Waals surface area contributed by atoms with Gasteiger partial charge >= 0.3 is 5.97 Å². The van der Waals surface area contributed by atoms with Crippen LogP contribution in [0.5, 0.6) is 0 Å². The van der Waals surface area contributed by atoms with Crippen molar-refractivity contribution in [2.24, 2.45) is 0 Å². The van der Waals surface area contributed by atoms with E-state index in [1.807, 2.05) is 44.2 Å². The zero-order chi connectivity index (χ0) is 15.6. The third-order valence-corrected chi connectivity index (χ3v) is 4.23. The quantitative estimate of drug-likeness (QED) is 0.758. The summed E-state index contributed by atoms with van der Waals surface area (Å²) in [6.45, 7) is 10.5. The lowest BCUT2D eigenvalue weighted by atomic mass is 9.85. The SMILES string of the molecule is CCOC(=O)c1c(C)c(C)c(C)c(C)c1-c1ccccc1. The van der Waals surface area contributed by atoms with Gasteiger partial charge < -0.3 is 4.74 Å². The van der Waals surface area contributed by atoms with Crippen LogP contribution in [0.2, 0.25) is 0 Å². The molecular weight excluding hydrogens is 260 g/mol. The number of carbonyl (C=O) groups excluding carboxylic acids is 1. The smallest absolute Gasteiger partial charge is 0.339 e. The lowest BCUT2D eigenvalue weighted by molar-refractivity contribution is 0.0526. The molecule has 0 bridgehead atoms. The first kappa shape index (κ1) is 15.3. The van der Waals surface area contributed by atoms with Crippen molar-refractivity contribution in [2.75, 3.05) is 6.61 Å². The second-order valence-corrected chi connectivity index (χ2v) is 5.34. The van der Waals surface area contributed by atoms with Gasteiger partial charge in [0.2, 0.25) is 0 Å². The molecule has 0 aromatic heterocycles. The van der Waals surface area contributed by atoms with Crippen LogP contribution in [0, 0.1) is 27.7 Å². The highest BCUT2D eigenvalue weighted by Gasteiger charge is 2.22. The molecule has 0 N–H and O–H groups in total. The summed E-state index contributed by atoms with van der Waals surface area (Å²) < 4.78 is 5.28. The molecule has 0 atom stereocenters. The van der Waals surface area contributed by atoms with Gasteiger partial charge in [0, 0.05) is 0 Å². The van der Waals surface area contributed by atoms with E-state index in [0.717, 1.165) is 27.8 Å². The number of rotatable bonds is 3. The van der Waals surface area contributed by atoms with Crippen molar-refractivity contribution in [3.05, 3.63) is 58.1 Å². The maximum Gasteiger partial charge on any atom is 0.339 e. The number of esters is 1. The van der Waals surface area contributed by atoms with E-state index in [-0.39, 0.29) is 5.97 Å². The maximum absolute atomic E-state index is 12.5. The minimum atomic E-state index is -0.236. The van der Waals surface area contributed by atoms with E-state index >= 15 is 0 Å². The van der Waals surface area contributed by atoms with E-state index in [9.17, 15) is 4.79 Å². The Morgan fingerprint density at radius 3 is 2.05 bits per heavy atom. The molecule has 2 heteroatoms. The summed E-state index contributed by atoms with van der Waals surface area (Å²) in [6.07, 6.45) is 0. The standard InChI is InChI=1S/C19H22O2/c1-6-21-19(20)18-15(5)13(3)12(2)14(4)17(18)16-10-8-7-9-11-16/h7-11H,6H2,1-5H3. The summed E-state index contributed by atoms with van der Waals surface area (Å²) in [5, 5.41) is 0. The molecule has 0 heterocycles. The van der Waals surface area contributed by atoms with Gasteiger partial charge in [0.25, 0.3) is 0 Å². The minimum absolute atomic E-state index is 0.236. The van der Waals surface area contributed by atoms with Crippen LogP contribution in [0.4, 0.5) is 0 Å². The van der Waals surface area contributed by atoms with E-state index in [2.05, 4.69) is 20.8 Å². The summed E-state index contributed by atoms with van der Waals surface area (Å²) in [5.74, 6) is -0.236. The molecule has 0 aliphatic carbocycles. The fourth-order valence-corrected chi connectivity index (χ4v) is 2.74. The van der Waals surface area contributed by atoms with Gasteiger partial charge in [-0.05, 0) is 68.0 Å². The van der Waals surface area contributed by atoms with Crippen molar-refractivity contribution in [3.8, 4) is 11.1 Å². The summed E-state index contributed by atoms with van der Waals surface area (Å²) in [5.41, 5.74) is 7.31. The Morgan fingerprint density at radius 1 is 0.905 bits per heavy atom. The Labute approximate surface area is 126 Å². The van der Waals surface area contributed by atoms with Crippen LogP contribution < -0.4 is 0 Å². The maximum atomic E-state index is 12.5. The molecule has 0 radical (unpaired) electrons. The predicted octanol–water partition coefficient (Wildman–Crippen LogP) is 4.76. The number of hydrogen-bond donors (Lipinski definition) is 0. The Kier molecular flexibility index (Phi) is 4.46. The summed E-state index contributed by atoms with van der Waals surface area (Å²) in [4.78, 5) is 12.5. The summed E-state index contributed by atoms with van der Waals surface area (Å²) in [7, 11) is 0. The van der Waals surface area contributed by atoms with Crippen LogP contribution >= 0.6 is 0 Å². The molecule has 0 saturated carbocycles. The molecule has 0 aliphatic rings. The van der Waals surface area contributed by atoms with Crippen LogP contribution in [0.25, 0.3) is 11.1 Å². The second kappa shape index (κ2) is 6.13. The van der Waals surface area contributed by atoms with Gasteiger partial charge in [0.1, 0.15) is 0 Å². The van der Waals surface area contributed by atoms with Crippen LogP contribution in [0.3, 0.4) is 0 Å². The average Bonchev–Trinajstić information content (AvgIpc) is 2.49. The molecule has 0 spiro atoms. The first-order valence-electron chi connectivity index (χ1n) is 7.31. The zero-order valence-electron chi connectivity index (χ0n) is 13.4. The molecule has 2 nitrogen and oxygen atoms in total. The van der Waals surface area contributed by atoms with Gasteiger partial charge in [-0.2, -0.15) is 0 Å². The molecule has 0 fully saturated rings. The van der Waals surface area contributed by atoms with Crippen LogP contribution in [-0.2, 0) is 4.74 Å². The molecular formula is C19H22O2. The van der Waals surface area contributed by atoms with Crippen LogP contribution in [0.1, 0.15) is 39.5 Å². The third-order valence-electron chi connectivity index (χ3n) is 4.23. The van der Waals surface area contributed by atoms with Crippen LogP contribution in [-0.4, -0.2) is 12.6 Å². The van der Waals surface area contributed by atoms with Crippen molar-refractivity contribution >= 4 is 5.97 Å². The number of benzene rings is 2. The van der Waals surface area contributed by atoms with E-state index < -0.39 is 0 Å². The van der Waals surface area contributed by atoms with Crippen molar-refractivity contribution in [1.82, 2.24) is 0 Å². The highest BCUT2D eigenvalue weighted by atomic mass is 16.5. The Hall–Kier alpha value is -2.09. The number of hydrogen-bond acceptors (Lipinski definition) is 2. The second-order valence-electron chi connectivity index (χ2n) is 5.34. The first-order valence-corrected chi connectivity index (χ1v) is 7.31. The largest absolute Gasteiger partial charge is 0.462 e. The summed E-state index contributed by atoms with van der Waals surface area (Å²) in [6, 6.07) is 10.1. The van der Waals surface area contributed by atoms with Gasteiger partial charge in [-0.15, -0.1) is 0 Å². The summed E-state index contributed by atoms with van der Waals surface area (Å²) >= 11 is 0.